The maximum absolute atomic E-state index is 13.0. The summed E-state index contributed by atoms with van der Waals surface area (Å²) in [5, 5.41) is 3.54. The van der Waals surface area contributed by atoms with Gasteiger partial charge in [-0.2, -0.15) is 0 Å². The van der Waals surface area contributed by atoms with E-state index in [4.69, 9.17) is 23.2 Å². The highest BCUT2D eigenvalue weighted by Gasteiger charge is 2.41. The first-order valence-electron chi connectivity index (χ1n) is 7.97. The molecule has 2 amide bonds. The van der Waals surface area contributed by atoms with Crippen molar-refractivity contribution < 1.29 is 9.59 Å². The summed E-state index contributed by atoms with van der Waals surface area (Å²) in [5.41, 5.74) is 1.19. The molecule has 0 aliphatic carbocycles. The van der Waals surface area contributed by atoms with Gasteiger partial charge in [0.2, 0.25) is 11.8 Å². The highest BCUT2D eigenvalue weighted by Crippen LogP contribution is 2.33. The van der Waals surface area contributed by atoms with Gasteiger partial charge in [0.1, 0.15) is 5.41 Å². The molecule has 2 aromatic rings. The normalized spacial score (nSPS) is 13.5. The van der Waals surface area contributed by atoms with Gasteiger partial charge in [-0.25, -0.2) is 0 Å². The number of carbonyl (C=O) groups excluding carboxylic acids is 2. The quantitative estimate of drug-likeness (QED) is 0.798. The fraction of sp³-hybridized carbons (Fsp3) is 0.263. The molecule has 25 heavy (non-hydrogen) atoms. The van der Waals surface area contributed by atoms with Crippen molar-refractivity contribution in [2.45, 2.75) is 20.3 Å². The molecule has 0 saturated carbocycles. The van der Waals surface area contributed by atoms with Crippen LogP contribution in [-0.4, -0.2) is 18.4 Å². The molecule has 0 bridgehead atoms. The summed E-state index contributed by atoms with van der Waals surface area (Å²) in [6, 6.07) is 12.6. The van der Waals surface area contributed by atoms with Crippen molar-refractivity contribution >= 4 is 46.4 Å². The van der Waals surface area contributed by atoms with Crippen LogP contribution in [0.15, 0.2) is 42.5 Å². The van der Waals surface area contributed by atoms with Crippen molar-refractivity contribution in [1.29, 1.82) is 0 Å². The maximum Gasteiger partial charge on any atom is 0.242 e. The summed E-state index contributed by atoms with van der Waals surface area (Å²) in [6.45, 7) is 3.82. The van der Waals surface area contributed by atoms with Gasteiger partial charge in [-0.15, -0.1) is 0 Å². The van der Waals surface area contributed by atoms with Crippen molar-refractivity contribution in [1.82, 2.24) is 0 Å². The van der Waals surface area contributed by atoms with Gasteiger partial charge in [-0.1, -0.05) is 41.4 Å². The first kappa shape index (κ1) is 17.8. The fourth-order valence-corrected chi connectivity index (χ4v) is 3.31. The lowest BCUT2D eigenvalue weighted by Crippen LogP contribution is -2.47. The van der Waals surface area contributed by atoms with Crippen LogP contribution >= 0.6 is 23.2 Å². The van der Waals surface area contributed by atoms with E-state index in [1.165, 1.54) is 0 Å². The number of hydrogen-bond donors (Lipinski definition) is 1. The topological polar surface area (TPSA) is 49.4 Å². The Bertz CT molecular complexity index is 849. The molecule has 130 valence electrons. The second-order valence-electron chi connectivity index (χ2n) is 6.54. The van der Waals surface area contributed by atoms with Crippen LogP contribution in [0.3, 0.4) is 0 Å². The van der Waals surface area contributed by atoms with Crippen molar-refractivity contribution in [3.05, 3.63) is 58.1 Å². The molecule has 1 aliphatic heterocycles. The van der Waals surface area contributed by atoms with E-state index in [0.717, 1.165) is 17.7 Å². The Labute approximate surface area is 156 Å². The van der Waals surface area contributed by atoms with Crippen LogP contribution < -0.4 is 10.2 Å². The zero-order chi connectivity index (χ0) is 18.2. The molecule has 0 radical (unpaired) electrons. The average molecular weight is 377 g/mol. The van der Waals surface area contributed by atoms with E-state index < -0.39 is 11.3 Å². The first-order chi connectivity index (χ1) is 11.8. The van der Waals surface area contributed by atoms with E-state index in [9.17, 15) is 9.59 Å². The molecular formula is C19H18Cl2N2O2. The van der Waals surface area contributed by atoms with E-state index in [1.807, 2.05) is 24.3 Å². The number of amides is 2. The minimum Gasteiger partial charge on any atom is -0.324 e. The predicted molar refractivity (Wildman–Crippen MR) is 101 cm³/mol. The van der Waals surface area contributed by atoms with E-state index in [0.29, 0.717) is 22.3 Å². The standard InChI is InChI=1S/C19H18Cl2N2O2/c1-19(2,17(24)22-15-8-7-13(20)11-14(15)21)18(25)23-10-9-12-5-3-4-6-16(12)23/h3-8,11H,9-10H2,1-2H3,(H,22,24). The summed E-state index contributed by atoms with van der Waals surface area (Å²) in [7, 11) is 0. The lowest BCUT2D eigenvalue weighted by atomic mass is 9.90. The van der Waals surface area contributed by atoms with Gasteiger partial charge in [0.05, 0.1) is 10.7 Å². The molecule has 0 unspecified atom stereocenters. The minimum atomic E-state index is -1.24. The number of fused-ring (bicyclic) bond motifs is 1. The summed E-state index contributed by atoms with van der Waals surface area (Å²) < 4.78 is 0. The molecule has 4 nitrogen and oxygen atoms in total. The van der Waals surface area contributed by atoms with Gasteiger partial charge >= 0.3 is 0 Å². The lowest BCUT2D eigenvalue weighted by molar-refractivity contribution is -0.136. The molecule has 0 atom stereocenters. The molecule has 0 fully saturated rings. The average Bonchev–Trinajstić information content (AvgIpc) is 3.00. The van der Waals surface area contributed by atoms with Gasteiger partial charge < -0.3 is 10.2 Å². The molecule has 1 aliphatic rings. The van der Waals surface area contributed by atoms with Crippen molar-refractivity contribution in [3.8, 4) is 0 Å². The van der Waals surface area contributed by atoms with E-state index in [1.54, 1.807) is 36.9 Å². The highest BCUT2D eigenvalue weighted by atomic mass is 35.5. The number of rotatable bonds is 3. The number of halogens is 2. The maximum atomic E-state index is 13.0. The molecule has 1 heterocycles. The molecule has 3 rings (SSSR count). The zero-order valence-corrected chi connectivity index (χ0v) is 15.5. The van der Waals surface area contributed by atoms with Crippen LogP contribution in [0.1, 0.15) is 19.4 Å². The fourth-order valence-electron chi connectivity index (χ4n) is 2.85. The van der Waals surface area contributed by atoms with Crippen LogP contribution in [0.2, 0.25) is 10.0 Å². The number of nitrogens with one attached hydrogen (secondary N) is 1. The Balaban J connectivity index is 1.81. The van der Waals surface area contributed by atoms with Crippen LogP contribution in [0.4, 0.5) is 11.4 Å². The monoisotopic (exact) mass is 376 g/mol. The summed E-state index contributed by atoms with van der Waals surface area (Å²) in [5.74, 6) is -0.647. The Hall–Kier alpha value is -2.04. The number of anilines is 2. The van der Waals surface area contributed by atoms with Crippen LogP contribution in [0.25, 0.3) is 0 Å². The molecule has 2 aromatic carbocycles. The van der Waals surface area contributed by atoms with Crippen molar-refractivity contribution in [2.75, 3.05) is 16.8 Å². The molecule has 0 aromatic heterocycles. The highest BCUT2D eigenvalue weighted by molar-refractivity contribution is 6.36. The van der Waals surface area contributed by atoms with Crippen LogP contribution in [-0.2, 0) is 16.0 Å². The van der Waals surface area contributed by atoms with E-state index in [-0.39, 0.29) is 5.91 Å². The molecular weight excluding hydrogens is 359 g/mol. The lowest BCUT2D eigenvalue weighted by Gasteiger charge is -2.28. The number of para-hydroxylation sites is 1. The van der Waals surface area contributed by atoms with Crippen LogP contribution in [0.5, 0.6) is 0 Å². The Morgan fingerprint density at radius 1 is 1.12 bits per heavy atom. The predicted octanol–water partition coefficient (Wildman–Crippen LogP) is 4.55. The molecule has 0 saturated heterocycles. The molecule has 6 heteroatoms. The number of benzene rings is 2. The largest absolute Gasteiger partial charge is 0.324 e. The number of nitrogens with zero attached hydrogens (tertiary/aromatic N) is 1. The van der Waals surface area contributed by atoms with Gasteiger partial charge in [0.15, 0.2) is 0 Å². The summed E-state index contributed by atoms with van der Waals surface area (Å²) >= 11 is 12.0. The van der Waals surface area contributed by atoms with Gasteiger partial charge in [-0.3, -0.25) is 9.59 Å². The third-order valence-electron chi connectivity index (χ3n) is 4.41. The van der Waals surface area contributed by atoms with Gasteiger partial charge in [0, 0.05) is 17.3 Å². The number of hydrogen-bond acceptors (Lipinski definition) is 2. The summed E-state index contributed by atoms with van der Waals surface area (Å²) in [6.07, 6.45) is 0.794. The van der Waals surface area contributed by atoms with Gasteiger partial charge in [0.25, 0.3) is 0 Å². The Kier molecular flexibility index (Phi) is 4.76. The molecule has 0 spiro atoms. The van der Waals surface area contributed by atoms with Gasteiger partial charge in [-0.05, 0) is 50.1 Å². The number of carbonyl (C=O) groups is 2. The molecule has 1 N–H and O–H groups in total. The second-order valence-corrected chi connectivity index (χ2v) is 7.38. The van der Waals surface area contributed by atoms with E-state index >= 15 is 0 Å². The SMILES string of the molecule is CC(C)(C(=O)Nc1ccc(Cl)cc1Cl)C(=O)N1CCc2ccccc21. The minimum absolute atomic E-state index is 0.236. The smallest absolute Gasteiger partial charge is 0.242 e. The second kappa shape index (κ2) is 6.70. The van der Waals surface area contributed by atoms with Crippen molar-refractivity contribution in [2.24, 2.45) is 5.41 Å². The third kappa shape index (κ3) is 3.37. The summed E-state index contributed by atoms with van der Waals surface area (Å²) in [4.78, 5) is 27.4. The first-order valence-corrected chi connectivity index (χ1v) is 8.72. The van der Waals surface area contributed by atoms with Crippen molar-refractivity contribution in [3.63, 3.8) is 0 Å². The van der Waals surface area contributed by atoms with Crippen LogP contribution in [0, 0.1) is 5.41 Å². The third-order valence-corrected chi connectivity index (χ3v) is 4.96. The zero-order valence-electron chi connectivity index (χ0n) is 14.0. The van der Waals surface area contributed by atoms with E-state index in [2.05, 4.69) is 5.32 Å². The Morgan fingerprint density at radius 3 is 2.56 bits per heavy atom. The Morgan fingerprint density at radius 2 is 1.84 bits per heavy atom.